The molecule has 1 aromatic heterocycles. The molecule has 0 bridgehead atoms. The van der Waals surface area contributed by atoms with Gasteiger partial charge in [0.1, 0.15) is 0 Å². The molecule has 1 aromatic rings. The average Bonchev–Trinajstić information content (AvgIpc) is 2.83. The highest BCUT2D eigenvalue weighted by molar-refractivity contribution is 7.12. The Bertz CT molecular complexity index is 334. The molecule has 0 radical (unpaired) electrons. The van der Waals surface area contributed by atoms with Gasteiger partial charge in [0, 0.05) is 6.04 Å². The summed E-state index contributed by atoms with van der Waals surface area (Å²) in [6.07, 6.45) is 4.99. The van der Waals surface area contributed by atoms with E-state index in [-0.39, 0.29) is 5.78 Å². The van der Waals surface area contributed by atoms with Crippen molar-refractivity contribution in [3.05, 3.63) is 22.4 Å². The zero-order chi connectivity index (χ0) is 11.4. The fraction of sp³-hybridized carbons (Fsp3) is 0.615. The van der Waals surface area contributed by atoms with E-state index in [1.807, 2.05) is 17.5 Å². The van der Waals surface area contributed by atoms with Gasteiger partial charge in [0.15, 0.2) is 5.78 Å². The van der Waals surface area contributed by atoms with Gasteiger partial charge in [-0.3, -0.25) is 9.69 Å². The highest BCUT2D eigenvalue weighted by Gasteiger charge is 2.23. The number of hydrogen-bond donors (Lipinski definition) is 0. The minimum atomic E-state index is 0.287. The Morgan fingerprint density at radius 1 is 1.56 bits per heavy atom. The van der Waals surface area contributed by atoms with Crippen LogP contribution in [-0.4, -0.2) is 29.8 Å². The first-order chi connectivity index (χ1) is 7.81. The van der Waals surface area contributed by atoms with Crippen molar-refractivity contribution in [2.24, 2.45) is 0 Å². The molecule has 2 nitrogen and oxygen atoms in total. The molecule has 0 amide bonds. The molecular formula is C13H19NOS. The van der Waals surface area contributed by atoms with Crippen LogP contribution < -0.4 is 0 Å². The first-order valence-electron chi connectivity index (χ1n) is 6.12. The summed E-state index contributed by atoms with van der Waals surface area (Å²) in [5.74, 6) is 0.287. The molecular weight excluding hydrogens is 218 g/mol. The third kappa shape index (κ3) is 2.71. The number of nitrogens with zero attached hydrogens (tertiary/aromatic N) is 1. The SMILES string of the molecule is CC[C@H]1CCCCN1CC(=O)c1cccs1. The molecule has 1 fully saturated rings. The summed E-state index contributed by atoms with van der Waals surface area (Å²) in [5.41, 5.74) is 0. The van der Waals surface area contributed by atoms with Gasteiger partial charge in [-0.1, -0.05) is 19.4 Å². The topological polar surface area (TPSA) is 20.3 Å². The normalized spacial score (nSPS) is 22.2. The Hall–Kier alpha value is -0.670. The number of hydrogen-bond acceptors (Lipinski definition) is 3. The number of rotatable bonds is 4. The number of carbonyl (C=O) groups excluding carboxylic acids is 1. The number of likely N-dealkylation sites (tertiary alicyclic amines) is 1. The van der Waals surface area contributed by atoms with Crippen LogP contribution in [0.1, 0.15) is 42.3 Å². The highest BCUT2D eigenvalue weighted by atomic mass is 32.1. The first-order valence-corrected chi connectivity index (χ1v) is 7.00. The van der Waals surface area contributed by atoms with Crippen LogP contribution in [0.5, 0.6) is 0 Å². The van der Waals surface area contributed by atoms with E-state index in [1.165, 1.54) is 19.3 Å². The summed E-state index contributed by atoms with van der Waals surface area (Å²) < 4.78 is 0. The van der Waals surface area contributed by atoms with E-state index in [2.05, 4.69) is 11.8 Å². The fourth-order valence-electron chi connectivity index (χ4n) is 2.43. The molecule has 88 valence electrons. The van der Waals surface area contributed by atoms with Crippen LogP contribution >= 0.6 is 11.3 Å². The molecule has 1 atom stereocenters. The van der Waals surface area contributed by atoms with Crippen molar-refractivity contribution in [1.82, 2.24) is 4.90 Å². The van der Waals surface area contributed by atoms with Gasteiger partial charge in [-0.05, 0) is 37.3 Å². The van der Waals surface area contributed by atoms with Gasteiger partial charge in [0.05, 0.1) is 11.4 Å². The largest absolute Gasteiger partial charge is 0.293 e. The van der Waals surface area contributed by atoms with Crippen molar-refractivity contribution < 1.29 is 4.79 Å². The van der Waals surface area contributed by atoms with Crippen LogP contribution in [0.15, 0.2) is 17.5 Å². The standard InChI is InChI=1S/C13H19NOS/c1-2-11-6-3-4-8-14(11)10-12(15)13-7-5-9-16-13/h5,7,9,11H,2-4,6,8,10H2,1H3/t11-/m0/s1. The van der Waals surface area contributed by atoms with Crippen molar-refractivity contribution in [1.29, 1.82) is 0 Å². The van der Waals surface area contributed by atoms with Crippen LogP contribution in [0.25, 0.3) is 0 Å². The Morgan fingerprint density at radius 2 is 2.44 bits per heavy atom. The predicted molar refractivity (Wildman–Crippen MR) is 68.2 cm³/mol. The second-order valence-corrected chi connectivity index (χ2v) is 5.38. The molecule has 16 heavy (non-hydrogen) atoms. The second-order valence-electron chi connectivity index (χ2n) is 4.43. The predicted octanol–water partition coefficient (Wildman–Crippen LogP) is 3.20. The number of Topliss-reactive ketones (excluding diaryl/α,β-unsaturated/α-hetero) is 1. The van der Waals surface area contributed by atoms with E-state index in [1.54, 1.807) is 11.3 Å². The maximum absolute atomic E-state index is 12.0. The lowest BCUT2D eigenvalue weighted by Gasteiger charge is -2.34. The highest BCUT2D eigenvalue weighted by Crippen LogP contribution is 2.20. The van der Waals surface area contributed by atoms with Crippen LogP contribution in [-0.2, 0) is 0 Å². The Balaban J connectivity index is 1.95. The van der Waals surface area contributed by atoms with Gasteiger partial charge >= 0.3 is 0 Å². The Labute approximate surface area is 101 Å². The van der Waals surface area contributed by atoms with E-state index < -0.39 is 0 Å². The molecule has 0 aromatic carbocycles. The number of piperidine rings is 1. The monoisotopic (exact) mass is 237 g/mol. The number of thiophene rings is 1. The van der Waals surface area contributed by atoms with E-state index in [4.69, 9.17) is 0 Å². The van der Waals surface area contributed by atoms with Gasteiger partial charge in [0.2, 0.25) is 0 Å². The van der Waals surface area contributed by atoms with Crippen LogP contribution in [0.4, 0.5) is 0 Å². The summed E-state index contributed by atoms with van der Waals surface area (Å²) >= 11 is 1.55. The average molecular weight is 237 g/mol. The molecule has 0 saturated carbocycles. The van der Waals surface area contributed by atoms with Crippen molar-refractivity contribution in [3.63, 3.8) is 0 Å². The summed E-state index contributed by atoms with van der Waals surface area (Å²) in [6.45, 7) is 3.92. The molecule has 0 N–H and O–H groups in total. The molecule has 0 spiro atoms. The van der Waals surface area contributed by atoms with Crippen molar-refractivity contribution in [2.45, 2.75) is 38.6 Å². The molecule has 3 heteroatoms. The van der Waals surface area contributed by atoms with E-state index in [9.17, 15) is 4.79 Å². The van der Waals surface area contributed by atoms with Crippen LogP contribution in [0, 0.1) is 0 Å². The summed E-state index contributed by atoms with van der Waals surface area (Å²) in [5, 5.41) is 1.97. The summed E-state index contributed by atoms with van der Waals surface area (Å²) in [7, 11) is 0. The van der Waals surface area contributed by atoms with Gasteiger partial charge in [-0.15, -0.1) is 11.3 Å². The lowest BCUT2D eigenvalue weighted by Crippen LogP contribution is -2.42. The first kappa shape index (κ1) is 11.8. The van der Waals surface area contributed by atoms with Crippen molar-refractivity contribution in [3.8, 4) is 0 Å². The maximum Gasteiger partial charge on any atom is 0.186 e. The minimum absolute atomic E-state index is 0.287. The smallest absolute Gasteiger partial charge is 0.186 e. The molecule has 0 unspecified atom stereocenters. The molecule has 0 aliphatic carbocycles. The Kier molecular flexibility index (Phi) is 4.13. The maximum atomic E-state index is 12.0. The van der Waals surface area contributed by atoms with Crippen LogP contribution in [0.3, 0.4) is 0 Å². The minimum Gasteiger partial charge on any atom is -0.293 e. The van der Waals surface area contributed by atoms with Crippen molar-refractivity contribution >= 4 is 17.1 Å². The zero-order valence-electron chi connectivity index (χ0n) is 9.82. The van der Waals surface area contributed by atoms with E-state index in [0.717, 1.165) is 17.8 Å². The van der Waals surface area contributed by atoms with Crippen molar-refractivity contribution in [2.75, 3.05) is 13.1 Å². The molecule has 1 saturated heterocycles. The van der Waals surface area contributed by atoms with Gasteiger partial charge < -0.3 is 0 Å². The number of carbonyl (C=O) groups is 1. The Morgan fingerprint density at radius 3 is 3.12 bits per heavy atom. The summed E-state index contributed by atoms with van der Waals surface area (Å²) in [6, 6.07) is 4.50. The van der Waals surface area contributed by atoms with Gasteiger partial charge in [-0.25, -0.2) is 0 Å². The third-order valence-corrected chi connectivity index (χ3v) is 4.27. The molecule has 1 aliphatic rings. The lowest BCUT2D eigenvalue weighted by atomic mass is 10.00. The van der Waals surface area contributed by atoms with Gasteiger partial charge in [0.25, 0.3) is 0 Å². The zero-order valence-corrected chi connectivity index (χ0v) is 10.6. The summed E-state index contributed by atoms with van der Waals surface area (Å²) in [4.78, 5) is 15.3. The third-order valence-electron chi connectivity index (χ3n) is 3.36. The van der Waals surface area contributed by atoms with E-state index >= 15 is 0 Å². The molecule has 2 heterocycles. The lowest BCUT2D eigenvalue weighted by molar-refractivity contribution is 0.0842. The van der Waals surface area contributed by atoms with E-state index in [0.29, 0.717) is 12.6 Å². The molecule has 2 rings (SSSR count). The van der Waals surface area contributed by atoms with Crippen LogP contribution in [0.2, 0.25) is 0 Å². The van der Waals surface area contributed by atoms with Gasteiger partial charge in [-0.2, -0.15) is 0 Å². The fourth-order valence-corrected chi connectivity index (χ4v) is 3.09. The number of ketones is 1. The molecule has 1 aliphatic heterocycles. The quantitative estimate of drug-likeness (QED) is 0.750. The second kappa shape index (κ2) is 5.60.